The normalized spacial score (nSPS) is 36.2. The lowest BCUT2D eigenvalue weighted by Gasteiger charge is -2.14. The van der Waals surface area contributed by atoms with Crippen LogP contribution in [0.3, 0.4) is 0 Å². The number of halogens is 2. The van der Waals surface area contributed by atoms with Crippen molar-refractivity contribution in [2.45, 2.75) is 37.3 Å². The van der Waals surface area contributed by atoms with Gasteiger partial charge in [-0.3, -0.25) is 0 Å². The summed E-state index contributed by atoms with van der Waals surface area (Å²) in [6.07, 6.45) is -1.84. The van der Waals surface area contributed by atoms with Crippen molar-refractivity contribution in [2.24, 2.45) is 0 Å². The Morgan fingerprint density at radius 1 is 1.00 bits per heavy atom. The van der Waals surface area contributed by atoms with Crippen LogP contribution in [0.2, 0.25) is 0 Å². The molecular formula is C12H12F2O2. The van der Waals surface area contributed by atoms with E-state index in [1.54, 1.807) is 0 Å². The van der Waals surface area contributed by atoms with Crippen LogP contribution in [-0.2, 0) is 9.47 Å². The summed E-state index contributed by atoms with van der Waals surface area (Å²) >= 11 is 0. The summed E-state index contributed by atoms with van der Waals surface area (Å²) < 4.78 is 37.1. The Bertz CT molecular complexity index is 364. The molecule has 3 rings (SSSR count). The lowest BCUT2D eigenvalue weighted by atomic mass is 10.2. The van der Waals surface area contributed by atoms with Crippen LogP contribution in [0.4, 0.5) is 8.78 Å². The topological polar surface area (TPSA) is 18.5 Å². The van der Waals surface area contributed by atoms with E-state index in [-0.39, 0.29) is 12.8 Å². The van der Waals surface area contributed by atoms with E-state index in [4.69, 9.17) is 9.47 Å². The number of hydrogen-bond acceptors (Lipinski definition) is 2. The summed E-state index contributed by atoms with van der Waals surface area (Å²) in [4.78, 5) is 0. The molecule has 86 valence electrons. The summed E-state index contributed by atoms with van der Waals surface area (Å²) in [5.41, 5.74) is 0.889. The van der Waals surface area contributed by atoms with Crippen LogP contribution in [0.15, 0.2) is 30.3 Å². The van der Waals surface area contributed by atoms with E-state index in [2.05, 4.69) is 0 Å². The molecular weight excluding hydrogens is 214 g/mol. The summed E-state index contributed by atoms with van der Waals surface area (Å²) in [5, 5.41) is 0. The van der Waals surface area contributed by atoms with Gasteiger partial charge in [0, 0.05) is 18.4 Å². The van der Waals surface area contributed by atoms with Gasteiger partial charge in [-0.1, -0.05) is 30.3 Å². The predicted molar refractivity (Wildman–Crippen MR) is 53.1 cm³/mol. The molecule has 2 nitrogen and oxygen atoms in total. The van der Waals surface area contributed by atoms with Gasteiger partial charge in [-0.15, -0.1) is 0 Å². The van der Waals surface area contributed by atoms with Crippen molar-refractivity contribution in [3.63, 3.8) is 0 Å². The lowest BCUT2D eigenvalue weighted by Crippen LogP contribution is -2.14. The Labute approximate surface area is 92.2 Å². The first kappa shape index (κ1) is 10.2. The van der Waals surface area contributed by atoms with E-state index in [1.807, 2.05) is 30.3 Å². The molecule has 0 bridgehead atoms. The number of hydrogen-bond donors (Lipinski definition) is 0. The molecule has 4 heteroatoms. The van der Waals surface area contributed by atoms with Gasteiger partial charge in [0.15, 0.2) is 6.29 Å². The number of rotatable bonds is 1. The van der Waals surface area contributed by atoms with Crippen LogP contribution in [0.25, 0.3) is 0 Å². The molecule has 1 aliphatic carbocycles. The summed E-state index contributed by atoms with van der Waals surface area (Å²) in [6.45, 7) is 0. The Morgan fingerprint density at radius 3 is 2.12 bits per heavy atom. The van der Waals surface area contributed by atoms with Gasteiger partial charge in [-0.05, 0) is 0 Å². The van der Waals surface area contributed by atoms with Crippen molar-refractivity contribution in [1.82, 2.24) is 0 Å². The average Bonchev–Trinajstić information content (AvgIpc) is 2.72. The van der Waals surface area contributed by atoms with E-state index in [1.165, 1.54) is 0 Å². The zero-order chi connectivity index (χ0) is 11.2. The van der Waals surface area contributed by atoms with Crippen molar-refractivity contribution >= 4 is 0 Å². The van der Waals surface area contributed by atoms with Gasteiger partial charge >= 0.3 is 0 Å². The highest BCUT2D eigenvalue weighted by atomic mass is 19.3. The first-order chi connectivity index (χ1) is 7.64. The second-order valence-electron chi connectivity index (χ2n) is 4.36. The second-order valence-corrected chi connectivity index (χ2v) is 4.36. The van der Waals surface area contributed by atoms with E-state index in [0.717, 1.165) is 5.56 Å². The van der Waals surface area contributed by atoms with E-state index in [9.17, 15) is 8.78 Å². The van der Waals surface area contributed by atoms with Crippen LogP contribution in [0.1, 0.15) is 24.7 Å². The maximum Gasteiger partial charge on any atom is 0.253 e. The molecule has 16 heavy (non-hydrogen) atoms. The maximum atomic E-state index is 13.0. The molecule has 1 aromatic carbocycles. The fourth-order valence-electron chi connectivity index (χ4n) is 2.32. The van der Waals surface area contributed by atoms with Gasteiger partial charge in [0.1, 0.15) is 0 Å². The standard InChI is InChI=1S/C12H12F2O2/c13-12(14)6-9-10(7-12)16-11(15-9)8-4-2-1-3-5-8/h1-5,9-11H,6-7H2. The van der Waals surface area contributed by atoms with Crippen LogP contribution in [0.5, 0.6) is 0 Å². The molecule has 1 aromatic rings. The first-order valence-electron chi connectivity index (χ1n) is 5.38. The molecule has 2 fully saturated rings. The van der Waals surface area contributed by atoms with E-state index >= 15 is 0 Å². The highest BCUT2D eigenvalue weighted by Crippen LogP contribution is 2.46. The molecule has 0 spiro atoms. The average molecular weight is 226 g/mol. The van der Waals surface area contributed by atoms with Gasteiger partial charge in [0.05, 0.1) is 12.2 Å². The van der Waals surface area contributed by atoms with E-state index in [0.29, 0.717) is 0 Å². The highest BCUT2D eigenvalue weighted by Gasteiger charge is 2.52. The Kier molecular flexibility index (Phi) is 2.23. The summed E-state index contributed by atoms with van der Waals surface area (Å²) in [5.74, 6) is -2.63. The predicted octanol–water partition coefficient (Wildman–Crippen LogP) is 2.90. The van der Waals surface area contributed by atoms with Crippen molar-refractivity contribution in [3.05, 3.63) is 35.9 Å². The van der Waals surface area contributed by atoms with Gasteiger partial charge in [-0.25, -0.2) is 8.78 Å². The molecule has 1 saturated heterocycles. The number of benzene rings is 1. The highest BCUT2D eigenvalue weighted by molar-refractivity contribution is 5.17. The third-order valence-corrected chi connectivity index (χ3v) is 3.08. The molecule has 1 heterocycles. The minimum Gasteiger partial charge on any atom is -0.342 e. The van der Waals surface area contributed by atoms with Crippen molar-refractivity contribution in [2.75, 3.05) is 0 Å². The zero-order valence-corrected chi connectivity index (χ0v) is 8.61. The molecule has 2 unspecified atom stereocenters. The maximum absolute atomic E-state index is 13.0. The Morgan fingerprint density at radius 2 is 1.56 bits per heavy atom. The van der Waals surface area contributed by atoms with Crippen LogP contribution in [-0.4, -0.2) is 18.1 Å². The van der Waals surface area contributed by atoms with Gasteiger partial charge < -0.3 is 9.47 Å². The summed E-state index contributed by atoms with van der Waals surface area (Å²) in [6, 6.07) is 9.41. The zero-order valence-electron chi connectivity index (χ0n) is 8.61. The van der Waals surface area contributed by atoms with Crippen LogP contribution in [0, 0.1) is 0 Å². The summed E-state index contributed by atoms with van der Waals surface area (Å²) in [7, 11) is 0. The van der Waals surface area contributed by atoms with Gasteiger partial charge in [-0.2, -0.15) is 0 Å². The minimum absolute atomic E-state index is 0.221. The fraction of sp³-hybridized carbons (Fsp3) is 0.500. The Balaban J connectivity index is 1.73. The van der Waals surface area contributed by atoms with Crippen LogP contribution >= 0.6 is 0 Å². The van der Waals surface area contributed by atoms with Gasteiger partial charge in [0.25, 0.3) is 5.92 Å². The quantitative estimate of drug-likeness (QED) is 0.733. The lowest BCUT2D eigenvalue weighted by molar-refractivity contribution is -0.111. The fourth-order valence-corrected chi connectivity index (χ4v) is 2.32. The Hall–Kier alpha value is -1.00. The molecule has 0 aromatic heterocycles. The largest absolute Gasteiger partial charge is 0.342 e. The number of ether oxygens (including phenoxy) is 2. The monoisotopic (exact) mass is 226 g/mol. The van der Waals surface area contributed by atoms with Crippen LogP contribution < -0.4 is 0 Å². The molecule has 1 saturated carbocycles. The van der Waals surface area contributed by atoms with Crippen molar-refractivity contribution in [3.8, 4) is 0 Å². The third-order valence-electron chi connectivity index (χ3n) is 3.08. The van der Waals surface area contributed by atoms with Crippen molar-refractivity contribution in [1.29, 1.82) is 0 Å². The second kappa shape index (κ2) is 3.50. The number of fused-ring (bicyclic) bond motifs is 1. The van der Waals surface area contributed by atoms with E-state index < -0.39 is 24.4 Å². The SMILES string of the molecule is FC1(F)CC2OC(c3ccccc3)OC2C1. The molecule has 0 radical (unpaired) electrons. The van der Waals surface area contributed by atoms with Gasteiger partial charge in [0.2, 0.25) is 0 Å². The molecule has 0 amide bonds. The minimum atomic E-state index is -2.63. The smallest absolute Gasteiger partial charge is 0.253 e. The van der Waals surface area contributed by atoms with Crippen molar-refractivity contribution < 1.29 is 18.3 Å². The molecule has 0 N–H and O–H groups in total. The molecule has 2 aliphatic rings. The molecule has 2 atom stereocenters. The first-order valence-corrected chi connectivity index (χ1v) is 5.38. The molecule has 1 aliphatic heterocycles. The third kappa shape index (κ3) is 1.72. The number of alkyl halides is 2.